The quantitative estimate of drug-likeness (QED) is 0.577. The fourth-order valence-electron chi connectivity index (χ4n) is 3.78. The van der Waals surface area contributed by atoms with E-state index in [0.717, 1.165) is 41.3 Å². The Hall–Kier alpha value is -3.18. The Morgan fingerprint density at radius 1 is 1.06 bits per heavy atom. The SMILES string of the molecule is O=C(NCc1ccccc1-c1ccc(CN2CCCC2=O)cc1)c1ccc(Cl)cc1F. The average molecular weight is 437 g/mol. The maximum Gasteiger partial charge on any atom is 0.254 e. The normalized spacial score (nSPS) is 13.5. The first-order valence-corrected chi connectivity index (χ1v) is 10.6. The van der Waals surface area contributed by atoms with Gasteiger partial charge in [-0.3, -0.25) is 9.59 Å². The lowest BCUT2D eigenvalue weighted by atomic mass is 9.98. The smallest absolute Gasteiger partial charge is 0.254 e. The van der Waals surface area contributed by atoms with E-state index in [1.807, 2.05) is 53.4 Å². The predicted octanol–water partition coefficient (Wildman–Crippen LogP) is 5.20. The Bertz CT molecular complexity index is 1110. The van der Waals surface area contributed by atoms with Crippen LogP contribution in [-0.2, 0) is 17.9 Å². The lowest BCUT2D eigenvalue weighted by molar-refractivity contribution is -0.128. The maximum absolute atomic E-state index is 14.0. The molecule has 0 radical (unpaired) electrons. The van der Waals surface area contributed by atoms with Gasteiger partial charge in [0.2, 0.25) is 5.91 Å². The van der Waals surface area contributed by atoms with Crippen LogP contribution in [0, 0.1) is 5.82 Å². The van der Waals surface area contributed by atoms with E-state index in [9.17, 15) is 14.0 Å². The monoisotopic (exact) mass is 436 g/mol. The molecule has 0 bridgehead atoms. The van der Waals surface area contributed by atoms with E-state index in [2.05, 4.69) is 5.32 Å². The van der Waals surface area contributed by atoms with Crippen molar-refractivity contribution in [1.82, 2.24) is 10.2 Å². The van der Waals surface area contributed by atoms with Gasteiger partial charge in [0.25, 0.3) is 5.91 Å². The molecule has 0 aromatic heterocycles. The van der Waals surface area contributed by atoms with E-state index >= 15 is 0 Å². The third-order valence-corrected chi connectivity index (χ3v) is 5.68. The minimum atomic E-state index is -0.648. The highest BCUT2D eigenvalue weighted by Crippen LogP contribution is 2.25. The molecule has 0 spiro atoms. The molecule has 1 N–H and O–H groups in total. The highest BCUT2D eigenvalue weighted by atomic mass is 35.5. The molecule has 3 aromatic carbocycles. The third-order valence-electron chi connectivity index (χ3n) is 5.44. The zero-order valence-corrected chi connectivity index (χ0v) is 17.7. The van der Waals surface area contributed by atoms with E-state index in [4.69, 9.17) is 11.6 Å². The minimum absolute atomic E-state index is 0.0392. The zero-order valence-electron chi connectivity index (χ0n) is 16.9. The van der Waals surface area contributed by atoms with Crippen LogP contribution in [0.3, 0.4) is 0 Å². The Morgan fingerprint density at radius 2 is 1.84 bits per heavy atom. The number of amides is 2. The first-order chi connectivity index (χ1) is 15.0. The summed E-state index contributed by atoms with van der Waals surface area (Å²) < 4.78 is 14.0. The summed E-state index contributed by atoms with van der Waals surface area (Å²) in [6.45, 7) is 1.71. The van der Waals surface area contributed by atoms with Crippen molar-refractivity contribution < 1.29 is 14.0 Å². The van der Waals surface area contributed by atoms with Crippen molar-refractivity contribution in [2.45, 2.75) is 25.9 Å². The van der Waals surface area contributed by atoms with Crippen molar-refractivity contribution in [2.75, 3.05) is 6.54 Å². The lowest BCUT2D eigenvalue weighted by Gasteiger charge is -2.16. The highest BCUT2D eigenvalue weighted by Gasteiger charge is 2.20. The number of rotatable bonds is 6. The van der Waals surface area contributed by atoms with Crippen molar-refractivity contribution in [3.05, 3.63) is 94.3 Å². The van der Waals surface area contributed by atoms with Gasteiger partial charge >= 0.3 is 0 Å². The summed E-state index contributed by atoms with van der Waals surface area (Å²) in [6.07, 6.45) is 1.56. The number of carbonyl (C=O) groups excluding carboxylic acids is 2. The molecule has 158 valence electrons. The second-order valence-electron chi connectivity index (χ2n) is 7.58. The van der Waals surface area contributed by atoms with Crippen LogP contribution < -0.4 is 5.32 Å². The molecule has 3 aromatic rings. The molecule has 6 heteroatoms. The van der Waals surface area contributed by atoms with Gasteiger partial charge in [-0.2, -0.15) is 0 Å². The van der Waals surface area contributed by atoms with E-state index in [-0.39, 0.29) is 23.0 Å². The summed E-state index contributed by atoms with van der Waals surface area (Å²) in [5.41, 5.74) is 3.97. The molecule has 1 aliphatic heterocycles. The summed E-state index contributed by atoms with van der Waals surface area (Å²) in [6, 6.07) is 19.9. The second-order valence-corrected chi connectivity index (χ2v) is 8.02. The highest BCUT2D eigenvalue weighted by molar-refractivity contribution is 6.30. The fraction of sp³-hybridized carbons (Fsp3) is 0.200. The number of hydrogen-bond acceptors (Lipinski definition) is 2. The van der Waals surface area contributed by atoms with Gasteiger partial charge in [-0.1, -0.05) is 60.1 Å². The molecule has 0 unspecified atom stereocenters. The summed E-state index contributed by atoms with van der Waals surface area (Å²) >= 11 is 5.76. The first-order valence-electron chi connectivity index (χ1n) is 10.2. The number of hydrogen-bond donors (Lipinski definition) is 1. The predicted molar refractivity (Wildman–Crippen MR) is 119 cm³/mol. The Balaban J connectivity index is 1.47. The zero-order chi connectivity index (χ0) is 21.8. The van der Waals surface area contributed by atoms with Gasteiger partial charge in [-0.15, -0.1) is 0 Å². The maximum atomic E-state index is 14.0. The van der Waals surface area contributed by atoms with Crippen molar-refractivity contribution in [2.24, 2.45) is 0 Å². The molecular formula is C25H22ClFN2O2. The van der Waals surface area contributed by atoms with Crippen LogP contribution in [0.15, 0.2) is 66.7 Å². The van der Waals surface area contributed by atoms with Crippen molar-refractivity contribution >= 4 is 23.4 Å². The Morgan fingerprint density at radius 3 is 2.55 bits per heavy atom. The number of carbonyl (C=O) groups is 2. The summed E-state index contributed by atoms with van der Waals surface area (Å²) in [5.74, 6) is -0.928. The average Bonchev–Trinajstić information content (AvgIpc) is 3.17. The molecule has 0 aliphatic carbocycles. The van der Waals surface area contributed by atoms with Gasteiger partial charge in [-0.25, -0.2) is 4.39 Å². The van der Waals surface area contributed by atoms with Crippen LogP contribution in [0.25, 0.3) is 11.1 Å². The number of likely N-dealkylation sites (tertiary alicyclic amines) is 1. The molecule has 4 rings (SSSR count). The molecule has 2 amide bonds. The molecule has 1 heterocycles. The lowest BCUT2D eigenvalue weighted by Crippen LogP contribution is -2.24. The number of nitrogens with zero attached hydrogens (tertiary/aromatic N) is 1. The van der Waals surface area contributed by atoms with Crippen molar-refractivity contribution in [1.29, 1.82) is 0 Å². The van der Waals surface area contributed by atoms with Crippen LogP contribution in [0.5, 0.6) is 0 Å². The van der Waals surface area contributed by atoms with E-state index in [1.54, 1.807) is 0 Å². The fourth-order valence-corrected chi connectivity index (χ4v) is 3.94. The van der Waals surface area contributed by atoms with E-state index in [1.165, 1.54) is 12.1 Å². The molecule has 4 nitrogen and oxygen atoms in total. The van der Waals surface area contributed by atoms with Crippen LogP contribution in [0.4, 0.5) is 4.39 Å². The molecule has 1 aliphatic rings. The van der Waals surface area contributed by atoms with Gasteiger partial charge in [0.05, 0.1) is 5.56 Å². The van der Waals surface area contributed by atoms with Crippen molar-refractivity contribution in [3.8, 4) is 11.1 Å². The summed E-state index contributed by atoms with van der Waals surface area (Å²) in [4.78, 5) is 26.1. The first kappa shape index (κ1) is 21.1. The minimum Gasteiger partial charge on any atom is -0.348 e. The molecule has 1 saturated heterocycles. The summed E-state index contributed by atoms with van der Waals surface area (Å²) in [7, 11) is 0. The third kappa shape index (κ3) is 4.94. The van der Waals surface area contributed by atoms with E-state index in [0.29, 0.717) is 13.0 Å². The van der Waals surface area contributed by atoms with Crippen LogP contribution in [0.2, 0.25) is 5.02 Å². The van der Waals surface area contributed by atoms with Gasteiger partial charge in [0.1, 0.15) is 5.82 Å². The second kappa shape index (κ2) is 9.31. The van der Waals surface area contributed by atoms with Gasteiger partial charge < -0.3 is 10.2 Å². The molecule has 31 heavy (non-hydrogen) atoms. The number of halogens is 2. The summed E-state index contributed by atoms with van der Waals surface area (Å²) in [5, 5.41) is 3.03. The van der Waals surface area contributed by atoms with E-state index < -0.39 is 11.7 Å². The molecule has 0 saturated carbocycles. The van der Waals surface area contributed by atoms with Gasteiger partial charge in [0, 0.05) is 31.1 Å². The topological polar surface area (TPSA) is 49.4 Å². The van der Waals surface area contributed by atoms with Crippen LogP contribution in [0.1, 0.15) is 34.3 Å². The molecular weight excluding hydrogens is 415 g/mol. The van der Waals surface area contributed by atoms with Crippen LogP contribution in [-0.4, -0.2) is 23.3 Å². The van der Waals surface area contributed by atoms with Crippen LogP contribution >= 0.6 is 11.6 Å². The Kier molecular flexibility index (Phi) is 6.33. The molecule has 1 fully saturated rings. The number of benzene rings is 3. The number of nitrogens with one attached hydrogen (secondary N) is 1. The van der Waals surface area contributed by atoms with Crippen molar-refractivity contribution in [3.63, 3.8) is 0 Å². The Labute approximate surface area is 185 Å². The largest absolute Gasteiger partial charge is 0.348 e. The van der Waals surface area contributed by atoms with Gasteiger partial charge in [-0.05, 0) is 46.9 Å². The standard InChI is InChI=1S/C25H22ClFN2O2/c26-20-11-12-22(23(27)14-20)25(31)28-15-19-4-1-2-5-21(19)18-9-7-17(8-10-18)16-29-13-3-6-24(29)30/h1-2,4-5,7-12,14H,3,6,13,15-16H2,(H,28,31). The van der Waals surface area contributed by atoms with Gasteiger partial charge in [0.15, 0.2) is 0 Å². The molecule has 0 atom stereocenters.